The fourth-order valence-electron chi connectivity index (χ4n) is 5.32. The summed E-state index contributed by atoms with van der Waals surface area (Å²) >= 11 is 0. The molecule has 0 rings (SSSR count). The summed E-state index contributed by atoms with van der Waals surface area (Å²) in [6.07, 6.45) is 56.7. The van der Waals surface area contributed by atoms with Gasteiger partial charge in [-0.05, 0) is 83.5 Å². The van der Waals surface area contributed by atoms with Crippen molar-refractivity contribution in [1.82, 2.24) is 5.32 Å². The SMILES string of the molecule is CC/C=C\C/C=C\C/C=C\C/C=C\CCCCCCCCC(=O)NC(CO)C(O)/C=C/CC/C=C/CC/C=C/CCCCCCCCC. The highest BCUT2D eigenvalue weighted by molar-refractivity contribution is 5.76. The summed E-state index contributed by atoms with van der Waals surface area (Å²) in [5.41, 5.74) is 0. The third-order valence-electron chi connectivity index (χ3n) is 8.34. The van der Waals surface area contributed by atoms with Crippen LogP contribution in [0.5, 0.6) is 0 Å². The van der Waals surface area contributed by atoms with E-state index in [0.717, 1.165) is 77.0 Å². The number of hydrogen-bond acceptors (Lipinski definition) is 3. The monoisotopic (exact) mass is 666 g/mol. The summed E-state index contributed by atoms with van der Waals surface area (Å²) in [7, 11) is 0. The summed E-state index contributed by atoms with van der Waals surface area (Å²) in [5.74, 6) is -0.0970. The predicted octanol–water partition coefficient (Wildman–Crippen LogP) is 12.1. The Kier molecular flexibility index (Phi) is 37.0. The van der Waals surface area contributed by atoms with Crippen molar-refractivity contribution in [2.45, 2.75) is 180 Å². The zero-order valence-corrected chi connectivity index (χ0v) is 31.2. The molecule has 0 bridgehead atoms. The Morgan fingerprint density at radius 2 is 0.938 bits per heavy atom. The van der Waals surface area contributed by atoms with Gasteiger partial charge in [-0.2, -0.15) is 0 Å². The van der Waals surface area contributed by atoms with Crippen LogP contribution in [0.15, 0.2) is 85.1 Å². The van der Waals surface area contributed by atoms with E-state index in [1.165, 1.54) is 70.6 Å². The number of aliphatic hydroxyl groups is 2. The molecule has 0 aromatic rings. The first kappa shape index (κ1) is 45.6. The standard InChI is InChI=1S/C44H75NO3/c1-3-5-7-9-11-13-15-17-19-21-22-24-26-28-30-32-34-36-38-40-44(48)45-42(41-46)43(47)39-37-35-33-31-29-27-25-23-20-18-16-14-12-10-8-6-4-2/h5,7,11,13,17,19-20,22-24,29,31,37,39,42-43,46-47H,3-4,6,8-10,12,14-16,18,21,25-28,30,32-36,38,40-41H2,1-2H3,(H,45,48)/b7-5-,13-11-,19-17-,23-20+,24-22-,31-29+,39-37+. The molecule has 0 saturated heterocycles. The number of rotatable bonds is 34. The van der Waals surface area contributed by atoms with Crippen LogP contribution < -0.4 is 5.32 Å². The minimum absolute atomic E-state index is 0.0970. The molecule has 0 radical (unpaired) electrons. The van der Waals surface area contributed by atoms with Crippen LogP contribution in [0.3, 0.4) is 0 Å². The molecule has 0 aromatic heterocycles. The van der Waals surface area contributed by atoms with Crippen molar-refractivity contribution in [3.8, 4) is 0 Å². The third kappa shape index (κ3) is 34.9. The molecule has 2 unspecified atom stereocenters. The number of carbonyl (C=O) groups excluding carboxylic acids is 1. The van der Waals surface area contributed by atoms with E-state index >= 15 is 0 Å². The second kappa shape index (κ2) is 39.0. The molecule has 0 heterocycles. The molecule has 4 heteroatoms. The smallest absolute Gasteiger partial charge is 0.220 e. The van der Waals surface area contributed by atoms with Gasteiger partial charge in [-0.25, -0.2) is 0 Å². The first-order chi connectivity index (χ1) is 23.7. The fourth-order valence-corrected chi connectivity index (χ4v) is 5.32. The average Bonchev–Trinajstić information content (AvgIpc) is 3.09. The summed E-state index contributed by atoms with van der Waals surface area (Å²) in [6, 6.07) is -0.657. The molecular formula is C44H75NO3. The average molecular weight is 666 g/mol. The van der Waals surface area contributed by atoms with Gasteiger partial charge in [0.1, 0.15) is 0 Å². The lowest BCUT2D eigenvalue weighted by molar-refractivity contribution is -0.123. The van der Waals surface area contributed by atoms with E-state index in [2.05, 4.69) is 92.1 Å². The fraction of sp³-hybridized carbons (Fsp3) is 0.659. The molecule has 2 atom stereocenters. The Morgan fingerprint density at radius 1 is 0.521 bits per heavy atom. The van der Waals surface area contributed by atoms with Crippen molar-refractivity contribution in [3.05, 3.63) is 85.1 Å². The van der Waals surface area contributed by atoms with E-state index in [9.17, 15) is 15.0 Å². The van der Waals surface area contributed by atoms with E-state index in [4.69, 9.17) is 0 Å². The first-order valence-corrected chi connectivity index (χ1v) is 19.8. The Balaban J connectivity index is 3.75. The van der Waals surface area contributed by atoms with Gasteiger partial charge in [-0.15, -0.1) is 0 Å². The molecule has 0 saturated carbocycles. The molecule has 0 aliphatic heterocycles. The maximum Gasteiger partial charge on any atom is 0.220 e. The van der Waals surface area contributed by atoms with Gasteiger partial charge in [0.05, 0.1) is 18.8 Å². The van der Waals surface area contributed by atoms with Crippen LogP contribution in [-0.2, 0) is 4.79 Å². The second-order valence-corrected chi connectivity index (χ2v) is 12.9. The second-order valence-electron chi connectivity index (χ2n) is 12.9. The normalized spacial score (nSPS) is 14.0. The van der Waals surface area contributed by atoms with E-state index < -0.39 is 12.1 Å². The Hall–Kier alpha value is -2.43. The minimum Gasteiger partial charge on any atom is -0.394 e. The summed E-state index contributed by atoms with van der Waals surface area (Å²) < 4.78 is 0. The zero-order valence-electron chi connectivity index (χ0n) is 31.2. The van der Waals surface area contributed by atoms with Crippen molar-refractivity contribution < 1.29 is 15.0 Å². The molecule has 274 valence electrons. The van der Waals surface area contributed by atoms with Gasteiger partial charge in [0, 0.05) is 6.42 Å². The van der Waals surface area contributed by atoms with Crippen LogP contribution in [0, 0.1) is 0 Å². The quantitative estimate of drug-likeness (QED) is 0.0473. The molecule has 48 heavy (non-hydrogen) atoms. The lowest BCUT2D eigenvalue weighted by Gasteiger charge is -2.19. The van der Waals surface area contributed by atoms with Crippen LogP contribution in [-0.4, -0.2) is 34.9 Å². The lowest BCUT2D eigenvalue weighted by atomic mass is 10.1. The van der Waals surface area contributed by atoms with Gasteiger partial charge in [0.15, 0.2) is 0 Å². The van der Waals surface area contributed by atoms with Crippen molar-refractivity contribution >= 4 is 5.91 Å². The van der Waals surface area contributed by atoms with Gasteiger partial charge in [0.2, 0.25) is 5.91 Å². The number of carbonyl (C=O) groups is 1. The highest BCUT2D eigenvalue weighted by Gasteiger charge is 2.17. The lowest BCUT2D eigenvalue weighted by Crippen LogP contribution is -2.45. The molecule has 4 nitrogen and oxygen atoms in total. The van der Waals surface area contributed by atoms with Gasteiger partial charge < -0.3 is 15.5 Å². The van der Waals surface area contributed by atoms with Crippen molar-refractivity contribution in [1.29, 1.82) is 0 Å². The number of amides is 1. The van der Waals surface area contributed by atoms with Crippen molar-refractivity contribution in [3.63, 3.8) is 0 Å². The molecule has 1 amide bonds. The van der Waals surface area contributed by atoms with Gasteiger partial charge in [-0.3, -0.25) is 4.79 Å². The number of hydrogen-bond donors (Lipinski definition) is 3. The largest absolute Gasteiger partial charge is 0.394 e. The maximum absolute atomic E-state index is 12.3. The topological polar surface area (TPSA) is 69.6 Å². The Morgan fingerprint density at radius 3 is 1.46 bits per heavy atom. The number of nitrogens with one attached hydrogen (secondary N) is 1. The van der Waals surface area contributed by atoms with E-state index in [0.29, 0.717) is 6.42 Å². The Labute approximate surface area is 297 Å². The third-order valence-corrected chi connectivity index (χ3v) is 8.34. The predicted molar refractivity (Wildman–Crippen MR) is 211 cm³/mol. The minimum atomic E-state index is -0.880. The summed E-state index contributed by atoms with van der Waals surface area (Å²) in [6.45, 7) is 4.15. The van der Waals surface area contributed by atoms with Crippen LogP contribution in [0.25, 0.3) is 0 Å². The maximum atomic E-state index is 12.3. The van der Waals surface area contributed by atoms with E-state index in [1.54, 1.807) is 6.08 Å². The van der Waals surface area contributed by atoms with Crippen molar-refractivity contribution in [2.24, 2.45) is 0 Å². The molecule has 0 spiro atoms. The molecule has 0 aromatic carbocycles. The van der Waals surface area contributed by atoms with Crippen LogP contribution in [0.2, 0.25) is 0 Å². The molecule has 0 aliphatic carbocycles. The summed E-state index contributed by atoms with van der Waals surface area (Å²) in [5, 5.41) is 22.9. The number of unbranched alkanes of at least 4 members (excludes halogenated alkanes) is 15. The van der Waals surface area contributed by atoms with E-state index in [-0.39, 0.29) is 12.5 Å². The molecule has 3 N–H and O–H groups in total. The molecule has 0 aliphatic rings. The van der Waals surface area contributed by atoms with Gasteiger partial charge in [-0.1, -0.05) is 163 Å². The molecule has 0 fully saturated rings. The molecular weight excluding hydrogens is 590 g/mol. The van der Waals surface area contributed by atoms with Crippen LogP contribution in [0.4, 0.5) is 0 Å². The van der Waals surface area contributed by atoms with Gasteiger partial charge >= 0.3 is 0 Å². The first-order valence-electron chi connectivity index (χ1n) is 19.8. The van der Waals surface area contributed by atoms with Crippen LogP contribution in [0.1, 0.15) is 168 Å². The number of aliphatic hydroxyl groups excluding tert-OH is 2. The van der Waals surface area contributed by atoms with Crippen LogP contribution >= 0.6 is 0 Å². The van der Waals surface area contributed by atoms with E-state index in [1.807, 2.05) is 6.08 Å². The highest BCUT2D eigenvalue weighted by Crippen LogP contribution is 2.11. The van der Waals surface area contributed by atoms with Gasteiger partial charge in [0.25, 0.3) is 0 Å². The summed E-state index contributed by atoms with van der Waals surface area (Å²) in [4.78, 5) is 12.3. The van der Waals surface area contributed by atoms with Crippen molar-refractivity contribution in [2.75, 3.05) is 6.61 Å². The number of allylic oxidation sites excluding steroid dienone is 13. The highest BCUT2D eigenvalue weighted by atomic mass is 16.3. The Bertz CT molecular complexity index is 895. The zero-order chi connectivity index (χ0) is 35.0.